The van der Waals surface area contributed by atoms with Gasteiger partial charge in [-0.15, -0.1) is 0 Å². The highest BCUT2D eigenvalue weighted by Gasteiger charge is 2.31. The summed E-state index contributed by atoms with van der Waals surface area (Å²) < 4.78 is 7.14. The summed E-state index contributed by atoms with van der Waals surface area (Å²) in [7, 11) is 0. The van der Waals surface area contributed by atoms with Gasteiger partial charge in [0.05, 0.1) is 5.56 Å². The van der Waals surface area contributed by atoms with E-state index in [-0.39, 0.29) is 5.97 Å². The quantitative estimate of drug-likeness (QED) is 0.154. The SMILES string of the molecule is O=C(OCC[n+]1ccccc1)c1ccccc1.c1ccc([B-](c2ccccc2)(c2ccccc2)c2ccccc2)cc1. The summed E-state index contributed by atoms with van der Waals surface area (Å²) in [6.45, 7) is 1.04. The third-order valence-electron chi connectivity index (χ3n) is 7.57. The maximum absolute atomic E-state index is 11.6. The Morgan fingerprint density at radius 1 is 0.476 bits per heavy atom. The maximum atomic E-state index is 11.6. The van der Waals surface area contributed by atoms with Crippen LogP contribution >= 0.6 is 0 Å². The number of nitrogens with zero attached hydrogens (tertiary/aromatic N) is 1. The van der Waals surface area contributed by atoms with Crippen LogP contribution < -0.4 is 26.4 Å². The summed E-state index contributed by atoms with van der Waals surface area (Å²) in [6, 6.07) is 58.4. The van der Waals surface area contributed by atoms with E-state index in [2.05, 4.69) is 121 Å². The lowest BCUT2D eigenvalue weighted by molar-refractivity contribution is -0.697. The summed E-state index contributed by atoms with van der Waals surface area (Å²) in [5, 5.41) is 0. The highest BCUT2D eigenvalue weighted by molar-refractivity contribution is 7.19. The number of hydrogen-bond acceptors (Lipinski definition) is 2. The molecule has 4 heteroatoms. The molecule has 0 spiro atoms. The number of benzene rings is 5. The van der Waals surface area contributed by atoms with Crippen molar-refractivity contribution in [2.75, 3.05) is 6.61 Å². The van der Waals surface area contributed by atoms with Crippen LogP contribution in [0.4, 0.5) is 0 Å². The standard InChI is InChI=1S/C24H20B.C14H14NO2/c1-5-13-21(14-6-1)25(22-15-7-2-8-16-22,23-17-9-3-10-18-23)24-19-11-4-12-20-24;16-14(13-7-3-1-4-8-13)17-12-11-15-9-5-2-6-10-15/h1-20H;1-10H,11-12H2/q-1;+1. The predicted octanol–water partition coefficient (Wildman–Crippen LogP) is 4.90. The van der Waals surface area contributed by atoms with Gasteiger partial charge in [0.1, 0.15) is 6.15 Å². The Balaban J connectivity index is 0.000000181. The summed E-state index contributed by atoms with van der Waals surface area (Å²) in [5.74, 6) is -0.276. The van der Waals surface area contributed by atoms with Gasteiger partial charge >= 0.3 is 5.97 Å². The number of carbonyl (C=O) groups excluding carboxylic acids is 1. The molecule has 0 aliphatic heterocycles. The van der Waals surface area contributed by atoms with Gasteiger partial charge in [-0.2, -0.15) is 21.9 Å². The van der Waals surface area contributed by atoms with Gasteiger partial charge in [0.15, 0.2) is 25.5 Å². The molecule has 0 saturated carbocycles. The zero-order chi connectivity index (χ0) is 28.9. The predicted molar refractivity (Wildman–Crippen MR) is 173 cm³/mol. The lowest BCUT2D eigenvalue weighted by atomic mass is 9.13. The second-order valence-electron chi connectivity index (χ2n) is 10.1. The van der Waals surface area contributed by atoms with E-state index in [0.29, 0.717) is 18.7 Å². The van der Waals surface area contributed by atoms with Crippen molar-refractivity contribution >= 4 is 34.0 Å². The third-order valence-corrected chi connectivity index (χ3v) is 7.57. The Labute approximate surface area is 248 Å². The van der Waals surface area contributed by atoms with E-state index < -0.39 is 6.15 Å². The molecule has 0 radical (unpaired) electrons. The highest BCUT2D eigenvalue weighted by atomic mass is 16.5. The van der Waals surface area contributed by atoms with Crippen LogP contribution in [0.15, 0.2) is 182 Å². The summed E-state index contributed by atoms with van der Waals surface area (Å²) in [6.07, 6.45) is 2.67. The van der Waals surface area contributed by atoms with Gasteiger partial charge in [-0.05, 0) is 12.1 Å². The van der Waals surface area contributed by atoms with E-state index >= 15 is 0 Å². The van der Waals surface area contributed by atoms with Crippen LogP contribution in [0.3, 0.4) is 0 Å². The number of carbonyl (C=O) groups is 1. The summed E-state index contributed by atoms with van der Waals surface area (Å²) >= 11 is 0. The van der Waals surface area contributed by atoms with E-state index in [1.807, 2.05) is 53.4 Å². The minimum absolute atomic E-state index is 0.276. The molecule has 1 heterocycles. The molecule has 206 valence electrons. The van der Waals surface area contributed by atoms with Crippen LogP contribution in [0.2, 0.25) is 0 Å². The van der Waals surface area contributed by atoms with Crippen molar-refractivity contribution in [3.05, 3.63) is 188 Å². The fraction of sp³-hybridized carbons (Fsp3) is 0.0526. The van der Waals surface area contributed by atoms with Crippen LogP contribution in [0.5, 0.6) is 0 Å². The topological polar surface area (TPSA) is 30.2 Å². The monoisotopic (exact) mass is 547 g/mol. The minimum atomic E-state index is -1.22. The van der Waals surface area contributed by atoms with Crippen LogP contribution in [-0.4, -0.2) is 18.7 Å². The molecular formula is C38H34BNO2. The number of hydrogen-bond donors (Lipinski definition) is 0. The lowest BCUT2D eigenvalue weighted by Crippen LogP contribution is -2.74. The van der Waals surface area contributed by atoms with Gasteiger partial charge in [0, 0.05) is 12.1 Å². The molecule has 0 atom stereocenters. The fourth-order valence-corrected chi connectivity index (χ4v) is 5.61. The molecule has 0 saturated heterocycles. The van der Waals surface area contributed by atoms with E-state index in [0.717, 1.165) is 0 Å². The molecule has 0 unspecified atom stereocenters. The molecule has 42 heavy (non-hydrogen) atoms. The number of pyridine rings is 1. The molecule has 0 aliphatic carbocycles. The average molecular weight is 548 g/mol. The second-order valence-corrected chi connectivity index (χ2v) is 10.1. The Morgan fingerprint density at radius 3 is 1.19 bits per heavy atom. The summed E-state index contributed by atoms with van der Waals surface area (Å²) in [5.41, 5.74) is 5.94. The van der Waals surface area contributed by atoms with Crippen LogP contribution in [0.1, 0.15) is 10.4 Å². The smallest absolute Gasteiger partial charge is 0.338 e. The Hall–Kier alpha value is -5.22. The Kier molecular flexibility index (Phi) is 9.73. The van der Waals surface area contributed by atoms with Crippen molar-refractivity contribution in [2.24, 2.45) is 0 Å². The van der Waals surface area contributed by atoms with Crippen LogP contribution in [0.25, 0.3) is 0 Å². The second kappa shape index (κ2) is 14.4. The molecule has 0 amide bonds. The van der Waals surface area contributed by atoms with Gasteiger partial charge in [-0.1, -0.05) is 146 Å². The largest absolute Gasteiger partial charge is 0.455 e. The van der Waals surface area contributed by atoms with Crippen LogP contribution in [-0.2, 0) is 11.3 Å². The number of aromatic nitrogens is 1. The molecule has 6 aromatic rings. The van der Waals surface area contributed by atoms with E-state index in [9.17, 15) is 4.79 Å². The van der Waals surface area contributed by atoms with E-state index in [4.69, 9.17) is 4.74 Å². The maximum Gasteiger partial charge on any atom is 0.338 e. The zero-order valence-corrected chi connectivity index (χ0v) is 23.6. The van der Waals surface area contributed by atoms with Crippen LogP contribution in [0, 0.1) is 0 Å². The number of ether oxygens (including phenoxy) is 1. The van der Waals surface area contributed by atoms with Crippen molar-refractivity contribution in [2.45, 2.75) is 6.54 Å². The molecular weight excluding hydrogens is 513 g/mol. The van der Waals surface area contributed by atoms with Gasteiger partial charge in [0.25, 0.3) is 0 Å². The molecule has 0 bridgehead atoms. The Morgan fingerprint density at radius 2 is 0.810 bits per heavy atom. The molecule has 0 fully saturated rings. The normalized spacial score (nSPS) is 10.7. The van der Waals surface area contributed by atoms with Gasteiger partial charge < -0.3 is 4.74 Å². The van der Waals surface area contributed by atoms with Crippen molar-refractivity contribution in [3.63, 3.8) is 0 Å². The van der Waals surface area contributed by atoms with E-state index in [1.165, 1.54) is 21.9 Å². The first-order chi connectivity index (χ1) is 20.8. The zero-order valence-electron chi connectivity index (χ0n) is 23.6. The average Bonchev–Trinajstić information content (AvgIpc) is 3.08. The number of esters is 1. The van der Waals surface area contributed by atoms with Gasteiger partial charge in [0.2, 0.25) is 0 Å². The first-order valence-electron chi connectivity index (χ1n) is 14.3. The molecule has 1 aromatic heterocycles. The molecule has 5 aromatic carbocycles. The summed E-state index contributed by atoms with van der Waals surface area (Å²) in [4.78, 5) is 11.6. The van der Waals surface area contributed by atoms with Gasteiger partial charge in [-0.3, -0.25) is 0 Å². The van der Waals surface area contributed by atoms with Gasteiger partial charge in [-0.25, -0.2) is 9.36 Å². The first-order valence-corrected chi connectivity index (χ1v) is 14.3. The minimum Gasteiger partial charge on any atom is -0.455 e. The number of rotatable bonds is 8. The molecule has 3 nitrogen and oxygen atoms in total. The molecule has 6 rings (SSSR count). The fourth-order valence-electron chi connectivity index (χ4n) is 5.61. The molecule has 0 aliphatic rings. The highest BCUT2D eigenvalue weighted by Crippen LogP contribution is 2.09. The third kappa shape index (κ3) is 6.73. The lowest BCUT2D eigenvalue weighted by Gasteiger charge is -2.44. The van der Waals surface area contributed by atoms with Crippen molar-refractivity contribution < 1.29 is 14.1 Å². The Bertz CT molecular complexity index is 1470. The molecule has 0 N–H and O–H groups in total. The van der Waals surface area contributed by atoms with Crippen molar-refractivity contribution in [3.8, 4) is 0 Å². The van der Waals surface area contributed by atoms with Crippen molar-refractivity contribution in [1.29, 1.82) is 0 Å². The van der Waals surface area contributed by atoms with E-state index in [1.54, 1.807) is 12.1 Å². The first kappa shape index (κ1) is 28.3. The van der Waals surface area contributed by atoms with Crippen molar-refractivity contribution in [1.82, 2.24) is 0 Å².